The van der Waals surface area contributed by atoms with E-state index >= 15 is 0 Å². The molecule has 0 spiro atoms. The Morgan fingerprint density at radius 3 is 2.60 bits per heavy atom. The van der Waals surface area contributed by atoms with E-state index in [0.29, 0.717) is 11.6 Å². The maximum Gasteiger partial charge on any atom is 0.239 e. The van der Waals surface area contributed by atoms with E-state index in [1.54, 1.807) is 0 Å². The molecule has 2 N–H and O–H groups in total. The Balaban J connectivity index is 1.62. The Kier molecular flexibility index (Phi) is 7.65. The van der Waals surface area contributed by atoms with Gasteiger partial charge in [0.1, 0.15) is 0 Å². The summed E-state index contributed by atoms with van der Waals surface area (Å²) in [6.45, 7) is 5.84. The summed E-state index contributed by atoms with van der Waals surface area (Å²) in [7, 11) is 0. The molecule has 5 nitrogen and oxygen atoms in total. The third-order valence-electron chi connectivity index (χ3n) is 4.35. The topological polar surface area (TPSA) is 71.1 Å². The van der Waals surface area contributed by atoms with Gasteiger partial charge in [0.15, 0.2) is 5.13 Å². The minimum absolute atomic E-state index is 0.00111. The molecule has 1 atom stereocenters. The first kappa shape index (κ1) is 22.1. The van der Waals surface area contributed by atoms with Crippen LogP contribution in [0.4, 0.5) is 10.8 Å². The number of hydrogen-bond donors (Lipinski definition) is 2. The molecule has 3 rings (SSSR count). The molecule has 0 aliphatic carbocycles. The Bertz CT molecular complexity index is 1020. The van der Waals surface area contributed by atoms with Crippen molar-refractivity contribution in [2.24, 2.45) is 0 Å². The van der Waals surface area contributed by atoms with Crippen molar-refractivity contribution in [3.63, 3.8) is 0 Å². The van der Waals surface area contributed by atoms with Crippen LogP contribution in [0.2, 0.25) is 0 Å². The van der Waals surface area contributed by atoms with Crippen LogP contribution in [-0.4, -0.2) is 22.0 Å². The zero-order chi connectivity index (χ0) is 21.5. The maximum absolute atomic E-state index is 12.7. The van der Waals surface area contributed by atoms with E-state index in [2.05, 4.69) is 15.6 Å². The van der Waals surface area contributed by atoms with Gasteiger partial charge in [-0.15, -0.1) is 23.1 Å². The number of amides is 2. The summed E-state index contributed by atoms with van der Waals surface area (Å²) in [5.74, 6) is -0.104. The van der Waals surface area contributed by atoms with Crippen molar-refractivity contribution in [1.82, 2.24) is 4.98 Å². The molecule has 7 heteroatoms. The van der Waals surface area contributed by atoms with Gasteiger partial charge in [0.05, 0.1) is 10.9 Å². The lowest BCUT2D eigenvalue weighted by atomic mass is 10.1. The van der Waals surface area contributed by atoms with Crippen LogP contribution in [0.3, 0.4) is 0 Å². The van der Waals surface area contributed by atoms with Crippen LogP contribution in [-0.2, 0) is 9.59 Å². The van der Waals surface area contributed by atoms with E-state index in [-0.39, 0.29) is 17.1 Å². The van der Waals surface area contributed by atoms with E-state index in [1.165, 1.54) is 23.1 Å². The number of hydrogen-bond acceptors (Lipinski definition) is 5. The standard InChI is InChI=1S/C23H25N3O2S2/c1-4-9-20(27)24-18-12-8-13-19(14-18)29-16(3)22(28)26-23-25-21(15(2)30-23)17-10-6-5-7-11-17/h5-8,10-14,16H,4,9H2,1-3H3,(H,24,27)(H,25,26,28). The molecule has 156 valence electrons. The number of nitrogens with zero attached hydrogens (tertiary/aromatic N) is 1. The normalized spacial score (nSPS) is 11.7. The highest BCUT2D eigenvalue weighted by molar-refractivity contribution is 8.00. The summed E-state index contributed by atoms with van der Waals surface area (Å²) in [4.78, 5) is 31.1. The second-order valence-corrected chi connectivity index (χ2v) is 9.48. The van der Waals surface area contributed by atoms with Crippen LogP contribution in [0.1, 0.15) is 31.6 Å². The van der Waals surface area contributed by atoms with E-state index < -0.39 is 0 Å². The zero-order valence-corrected chi connectivity index (χ0v) is 18.9. The fraction of sp³-hybridized carbons (Fsp3) is 0.261. The number of carbonyl (C=O) groups excluding carboxylic acids is 2. The minimum atomic E-state index is -0.309. The second kappa shape index (κ2) is 10.4. The molecule has 0 saturated heterocycles. The molecule has 0 saturated carbocycles. The number of aryl methyl sites for hydroxylation is 1. The molecular weight excluding hydrogens is 414 g/mol. The van der Waals surface area contributed by atoms with Crippen LogP contribution < -0.4 is 10.6 Å². The van der Waals surface area contributed by atoms with E-state index in [1.807, 2.05) is 75.4 Å². The van der Waals surface area contributed by atoms with Crippen LogP contribution in [0.25, 0.3) is 11.3 Å². The molecule has 0 aliphatic rings. The molecule has 1 unspecified atom stereocenters. The number of rotatable bonds is 8. The molecule has 3 aromatic rings. The molecule has 0 fully saturated rings. The number of benzene rings is 2. The van der Waals surface area contributed by atoms with Gasteiger partial charge in [0.25, 0.3) is 0 Å². The number of thioether (sulfide) groups is 1. The summed E-state index contributed by atoms with van der Waals surface area (Å²) in [6.07, 6.45) is 1.30. The van der Waals surface area contributed by atoms with Gasteiger partial charge in [-0.25, -0.2) is 4.98 Å². The van der Waals surface area contributed by atoms with Crippen LogP contribution in [0.5, 0.6) is 0 Å². The van der Waals surface area contributed by atoms with Crippen molar-refractivity contribution >= 4 is 45.7 Å². The highest BCUT2D eigenvalue weighted by Crippen LogP contribution is 2.31. The molecule has 30 heavy (non-hydrogen) atoms. The SMILES string of the molecule is CCCC(=O)Nc1cccc(SC(C)C(=O)Nc2nc(-c3ccccc3)c(C)s2)c1. The van der Waals surface area contributed by atoms with Crippen LogP contribution in [0, 0.1) is 6.92 Å². The summed E-state index contributed by atoms with van der Waals surface area (Å²) < 4.78 is 0. The number of aromatic nitrogens is 1. The molecule has 0 bridgehead atoms. The lowest BCUT2D eigenvalue weighted by Crippen LogP contribution is -2.22. The van der Waals surface area contributed by atoms with Crippen LogP contribution >= 0.6 is 23.1 Å². The van der Waals surface area contributed by atoms with Gasteiger partial charge in [-0.2, -0.15) is 0 Å². The molecule has 1 heterocycles. The number of nitrogens with one attached hydrogen (secondary N) is 2. The quantitative estimate of drug-likeness (QED) is 0.424. The van der Waals surface area contributed by atoms with Gasteiger partial charge in [0.2, 0.25) is 11.8 Å². The second-order valence-electron chi connectivity index (χ2n) is 6.87. The van der Waals surface area contributed by atoms with Gasteiger partial charge in [0, 0.05) is 27.4 Å². The van der Waals surface area contributed by atoms with Gasteiger partial charge >= 0.3 is 0 Å². The Hall–Kier alpha value is -2.64. The zero-order valence-electron chi connectivity index (χ0n) is 17.3. The van der Waals surface area contributed by atoms with Crippen LogP contribution in [0.15, 0.2) is 59.5 Å². The van der Waals surface area contributed by atoms with Gasteiger partial charge < -0.3 is 10.6 Å². The first-order valence-corrected chi connectivity index (χ1v) is 11.6. The third-order valence-corrected chi connectivity index (χ3v) is 6.33. The Labute approximate surface area is 185 Å². The molecular formula is C23H25N3O2S2. The van der Waals surface area contributed by atoms with Crippen molar-refractivity contribution in [3.05, 3.63) is 59.5 Å². The van der Waals surface area contributed by atoms with Gasteiger partial charge in [-0.05, 0) is 38.5 Å². The monoisotopic (exact) mass is 439 g/mol. The molecule has 0 radical (unpaired) electrons. The molecule has 2 amide bonds. The Morgan fingerprint density at radius 1 is 1.10 bits per heavy atom. The average Bonchev–Trinajstić information content (AvgIpc) is 3.09. The largest absolute Gasteiger partial charge is 0.326 e. The summed E-state index contributed by atoms with van der Waals surface area (Å²) >= 11 is 2.92. The number of carbonyl (C=O) groups is 2. The predicted octanol–water partition coefficient (Wildman–Crippen LogP) is 5.98. The van der Waals surface area contributed by atoms with Crippen molar-refractivity contribution in [1.29, 1.82) is 0 Å². The average molecular weight is 440 g/mol. The highest BCUT2D eigenvalue weighted by Gasteiger charge is 2.18. The lowest BCUT2D eigenvalue weighted by molar-refractivity contribution is -0.116. The van der Waals surface area contributed by atoms with Crippen molar-refractivity contribution in [3.8, 4) is 11.3 Å². The summed E-state index contributed by atoms with van der Waals surface area (Å²) in [6, 6.07) is 17.5. The first-order chi connectivity index (χ1) is 14.5. The molecule has 2 aromatic carbocycles. The Morgan fingerprint density at radius 2 is 1.87 bits per heavy atom. The number of thiazole rings is 1. The summed E-state index contributed by atoms with van der Waals surface area (Å²) in [5.41, 5.74) is 2.68. The van der Waals surface area contributed by atoms with Crippen molar-refractivity contribution in [2.45, 2.75) is 43.8 Å². The maximum atomic E-state index is 12.7. The van der Waals surface area contributed by atoms with Gasteiger partial charge in [-0.3, -0.25) is 9.59 Å². The fourth-order valence-electron chi connectivity index (χ4n) is 2.88. The van der Waals surface area contributed by atoms with E-state index in [9.17, 15) is 9.59 Å². The number of anilines is 2. The van der Waals surface area contributed by atoms with Crippen molar-refractivity contribution < 1.29 is 9.59 Å². The lowest BCUT2D eigenvalue weighted by Gasteiger charge is -2.12. The minimum Gasteiger partial charge on any atom is -0.326 e. The van der Waals surface area contributed by atoms with Crippen molar-refractivity contribution in [2.75, 3.05) is 10.6 Å². The fourth-order valence-corrected chi connectivity index (χ4v) is 4.64. The predicted molar refractivity (Wildman–Crippen MR) is 126 cm³/mol. The first-order valence-electron chi connectivity index (χ1n) is 9.86. The summed E-state index contributed by atoms with van der Waals surface area (Å²) in [5, 5.41) is 6.12. The smallest absolute Gasteiger partial charge is 0.239 e. The van der Waals surface area contributed by atoms with E-state index in [4.69, 9.17) is 0 Å². The third kappa shape index (κ3) is 5.93. The molecule has 1 aromatic heterocycles. The van der Waals surface area contributed by atoms with E-state index in [0.717, 1.165) is 33.1 Å². The molecule has 0 aliphatic heterocycles. The van der Waals surface area contributed by atoms with Gasteiger partial charge in [-0.1, -0.05) is 43.3 Å². The highest BCUT2D eigenvalue weighted by atomic mass is 32.2.